The van der Waals surface area contributed by atoms with Crippen LogP contribution in [0, 0.1) is 0 Å². The maximum atomic E-state index is 10.2. The molecule has 0 saturated heterocycles. The van der Waals surface area contributed by atoms with E-state index in [0.717, 1.165) is 11.1 Å². The summed E-state index contributed by atoms with van der Waals surface area (Å²) in [6.45, 7) is 6.06. The molecule has 0 aromatic heterocycles. The van der Waals surface area contributed by atoms with E-state index in [4.69, 9.17) is 37.8 Å². The number of nitrogens with two attached hydrogens (primary N) is 2. The fraction of sp³-hybridized carbons (Fsp3) is 0.440. The second-order valence-electron chi connectivity index (χ2n) is 8.60. The lowest BCUT2D eigenvalue weighted by molar-refractivity contribution is 0.0745. The van der Waals surface area contributed by atoms with Gasteiger partial charge in [0, 0.05) is 11.6 Å². The van der Waals surface area contributed by atoms with Gasteiger partial charge in [0.1, 0.15) is 30.8 Å². The van der Waals surface area contributed by atoms with Crippen LogP contribution in [-0.2, 0) is 5.41 Å². The standard InChI is InChI=1S/C25H36ClN3O5/c1-4-20(31)15-34-24-10-7-18(11-23(24)26)25(2,3)17-5-8-22(9-6-17)33-16-21(32)13-29(28)19(12-27)14-30/h5-12,20-21,30-32H,4,13-16,27-28H2,1-3H3/b19-12-. The van der Waals surface area contributed by atoms with Gasteiger partial charge in [-0.05, 0) is 41.8 Å². The van der Waals surface area contributed by atoms with Gasteiger partial charge >= 0.3 is 0 Å². The molecule has 2 aromatic carbocycles. The molecule has 0 heterocycles. The van der Waals surface area contributed by atoms with Crippen molar-refractivity contribution >= 4 is 11.6 Å². The van der Waals surface area contributed by atoms with Crippen LogP contribution in [-0.4, -0.2) is 58.9 Å². The normalized spacial score (nSPS) is 13.9. The van der Waals surface area contributed by atoms with Gasteiger partial charge < -0.3 is 35.5 Å². The zero-order valence-electron chi connectivity index (χ0n) is 19.9. The monoisotopic (exact) mass is 493 g/mol. The molecule has 7 N–H and O–H groups in total. The maximum absolute atomic E-state index is 10.2. The molecule has 8 nitrogen and oxygen atoms in total. The molecule has 2 unspecified atom stereocenters. The third-order valence-electron chi connectivity index (χ3n) is 5.71. The third-order valence-corrected chi connectivity index (χ3v) is 6.00. The summed E-state index contributed by atoms with van der Waals surface area (Å²) in [5, 5.41) is 30.7. The van der Waals surface area contributed by atoms with Crippen LogP contribution in [0.5, 0.6) is 11.5 Å². The average molecular weight is 494 g/mol. The maximum Gasteiger partial charge on any atom is 0.138 e. The van der Waals surface area contributed by atoms with E-state index in [1.54, 1.807) is 0 Å². The van der Waals surface area contributed by atoms with E-state index in [0.29, 0.717) is 28.6 Å². The average Bonchev–Trinajstić information content (AvgIpc) is 2.82. The number of halogens is 1. The molecule has 0 saturated carbocycles. The first-order valence-electron chi connectivity index (χ1n) is 11.2. The largest absolute Gasteiger partial charge is 0.491 e. The van der Waals surface area contributed by atoms with Gasteiger partial charge in [0.25, 0.3) is 0 Å². The Hall–Kier alpha value is -2.49. The summed E-state index contributed by atoms with van der Waals surface area (Å²) in [6, 6.07) is 13.3. The predicted molar refractivity (Wildman–Crippen MR) is 134 cm³/mol. The number of hydrogen-bond acceptors (Lipinski definition) is 8. The molecule has 0 aliphatic heterocycles. The van der Waals surface area contributed by atoms with Crippen LogP contribution >= 0.6 is 11.6 Å². The highest BCUT2D eigenvalue weighted by Gasteiger charge is 2.24. The quantitative estimate of drug-likeness (QED) is 0.212. The lowest BCUT2D eigenvalue weighted by Crippen LogP contribution is -2.40. The summed E-state index contributed by atoms with van der Waals surface area (Å²) in [6.07, 6.45) is 0.412. The van der Waals surface area contributed by atoms with Crippen LogP contribution in [0.15, 0.2) is 54.4 Å². The summed E-state index contributed by atoms with van der Waals surface area (Å²) in [7, 11) is 0. The Morgan fingerprint density at radius 2 is 1.68 bits per heavy atom. The van der Waals surface area contributed by atoms with Crippen molar-refractivity contribution in [3.8, 4) is 11.5 Å². The van der Waals surface area contributed by atoms with Gasteiger partial charge in [0.2, 0.25) is 0 Å². The third kappa shape index (κ3) is 7.51. The van der Waals surface area contributed by atoms with E-state index in [1.165, 1.54) is 11.2 Å². The molecule has 2 atom stereocenters. The molecule has 0 fully saturated rings. The lowest BCUT2D eigenvalue weighted by Gasteiger charge is -2.27. The van der Waals surface area contributed by atoms with E-state index in [1.807, 2.05) is 49.4 Å². The Bertz CT molecular complexity index is 937. The topological polar surface area (TPSA) is 134 Å². The summed E-state index contributed by atoms with van der Waals surface area (Å²) in [5.74, 6) is 6.92. The van der Waals surface area contributed by atoms with Crippen LogP contribution in [0.1, 0.15) is 38.3 Å². The van der Waals surface area contributed by atoms with Gasteiger partial charge in [-0.15, -0.1) is 0 Å². The molecule has 0 spiro atoms. The molecule has 2 rings (SSSR count). The van der Waals surface area contributed by atoms with Gasteiger partial charge in [0.05, 0.1) is 30.0 Å². The Balaban J connectivity index is 2.00. The molecule has 0 bridgehead atoms. The lowest BCUT2D eigenvalue weighted by atomic mass is 9.78. The van der Waals surface area contributed by atoms with Gasteiger partial charge in [-0.2, -0.15) is 0 Å². The van der Waals surface area contributed by atoms with Crippen molar-refractivity contribution in [1.82, 2.24) is 5.01 Å². The number of rotatable bonds is 13. The molecule has 2 aromatic rings. The first-order valence-corrected chi connectivity index (χ1v) is 11.6. The number of ether oxygens (including phenoxy) is 2. The number of aliphatic hydroxyl groups is 3. The zero-order valence-corrected chi connectivity index (χ0v) is 20.7. The molecule has 188 valence electrons. The second kappa shape index (κ2) is 12.8. The summed E-state index contributed by atoms with van der Waals surface area (Å²) in [5.41, 5.74) is 7.43. The molecular formula is C25H36ClN3O5. The van der Waals surface area contributed by atoms with E-state index in [9.17, 15) is 10.2 Å². The fourth-order valence-corrected chi connectivity index (χ4v) is 3.51. The molecule has 0 radical (unpaired) electrons. The van der Waals surface area contributed by atoms with E-state index in [-0.39, 0.29) is 31.8 Å². The van der Waals surface area contributed by atoms with Crippen LogP contribution in [0.25, 0.3) is 0 Å². The SMILES string of the molecule is CCC(O)COc1ccc(C(C)(C)c2ccc(OCC(O)CN(N)/C(=C\N)CO)cc2)cc1Cl. The molecule has 34 heavy (non-hydrogen) atoms. The van der Waals surface area contributed by atoms with Crippen molar-refractivity contribution in [2.75, 3.05) is 26.4 Å². The highest BCUT2D eigenvalue weighted by atomic mass is 35.5. The van der Waals surface area contributed by atoms with Gasteiger partial charge in [-0.3, -0.25) is 0 Å². The fourth-order valence-electron chi connectivity index (χ4n) is 3.27. The highest BCUT2D eigenvalue weighted by Crippen LogP contribution is 2.36. The highest BCUT2D eigenvalue weighted by molar-refractivity contribution is 6.32. The minimum atomic E-state index is -0.871. The van der Waals surface area contributed by atoms with E-state index < -0.39 is 12.2 Å². The first kappa shape index (κ1) is 27.8. The Morgan fingerprint density at radius 3 is 2.24 bits per heavy atom. The van der Waals surface area contributed by atoms with E-state index >= 15 is 0 Å². The Kier molecular flexibility index (Phi) is 10.5. The van der Waals surface area contributed by atoms with Crippen molar-refractivity contribution in [2.24, 2.45) is 11.6 Å². The number of hydrogen-bond donors (Lipinski definition) is 5. The van der Waals surface area contributed by atoms with Crippen molar-refractivity contribution < 1.29 is 24.8 Å². The van der Waals surface area contributed by atoms with Crippen LogP contribution in [0.3, 0.4) is 0 Å². The van der Waals surface area contributed by atoms with Crippen molar-refractivity contribution in [3.63, 3.8) is 0 Å². The molecule has 0 aliphatic rings. The van der Waals surface area contributed by atoms with Crippen LogP contribution in [0.2, 0.25) is 5.02 Å². The van der Waals surface area contributed by atoms with Gasteiger partial charge in [-0.25, -0.2) is 5.84 Å². The van der Waals surface area contributed by atoms with Crippen molar-refractivity contribution in [1.29, 1.82) is 0 Å². The van der Waals surface area contributed by atoms with Crippen molar-refractivity contribution in [2.45, 2.75) is 44.8 Å². The minimum absolute atomic E-state index is 0.0313. The molecule has 9 heteroatoms. The van der Waals surface area contributed by atoms with E-state index in [2.05, 4.69) is 13.8 Å². The molecule has 0 amide bonds. The Morgan fingerprint density at radius 1 is 1.06 bits per heavy atom. The number of aliphatic hydroxyl groups excluding tert-OH is 3. The smallest absolute Gasteiger partial charge is 0.138 e. The predicted octanol–water partition coefficient (Wildman–Crippen LogP) is 2.52. The van der Waals surface area contributed by atoms with Crippen LogP contribution < -0.4 is 21.1 Å². The van der Waals surface area contributed by atoms with Crippen LogP contribution in [0.4, 0.5) is 0 Å². The molecule has 0 aliphatic carbocycles. The number of hydrazine groups is 1. The minimum Gasteiger partial charge on any atom is -0.491 e. The molecular weight excluding hydrogens is 458 g/mol. The zero-order chi connectivity index (χ0) is 25.3. The second-order valence-corrected chi connectivity index (χ2v) is 9.01. The summed E-state index contributed by atoms with van der Waals surface area (Å²) in [4.78, 5) is 0. The Labute approximate surface area is 206 Å². The number of nitrogens with zero attached hydrogens (tertiary/aromatic N) is 1. The number of benzene rings is 2. The van der Waals surface area contributed by atoms with Gasteiger partial charge in [0.15, 0.2) is 0 Å². The van der Waals surface area contributed by atoms with Gasteiger partial charge in [-0.1, -0.05) is 50.6 Å². The summed E-state index contributed by atoms with van der Waals surface area (Å²) < 4.78 is 11.3. The first-order chi connectivity index (χ1) is 16.1. The van der Waals surface area contributed by atoms with Crippen molar-refractivity contribution in [3.05, 3.63) is 70.5 Å². The summed E-state index contributed by atoms with van der Waals surface area (Å²) >= 11 is 6.43.